The number of anilines is 1. The van der Waals surface area contributed by atoms with Crippen LogP contribution in [-0.2, 0) is 0 Å². The van der Waals surface area contributed by atoms with Crippen LogP contribution < -0.4 is 5.32 Å². The third kappa shape index (κ3) is 3.01. The number of halogens is 1. The fourth-order valence-electron chi connectivity index (χ4n) is 1.76. The summed E-state index contributed by atoms with van der Waals surface area (Å²) in [5, 5.41) is 2.90. The second-order valence-electron chi connectivity index (χ2n) is 4.49. The van der Waals surface area contributed by atoms with Gasteiger partial charge in [0.25, 0.3) is 5.91 Å². The van der Waals surface area contributed by atoms with Gasteiger partial charge in [-0.1, -0.05) is 22.0 Å². The molecule has 1 aromatic heterocycles. The second-order valence-corrected chi connectivity index (χ2v) is 5.34. The number of benzene rings is 1. The Bertz CT molecular complexity index is 638. The summed E-state index contributed by atoms with van der Waals surface area (Å²) in [4.78, 5) is 16.4. The highest BCUT2D eigenvalue weighted by atomic mass is 79.9. The maximum atomic E-state index is 12.2. The number of carbonyl (C=O) groups excluding carboxylic acids is 1. The molecule has 0 spiro atoms. The number of hydrogen-bond donors (Lipinski definition) is 1. The van der Waals surface area contributed by atoms with Crippen LogP contribution in [0.3, 0.4) is 0 Å². The first kappa shape index (κ1) is 13.7. The molecule has 0 unspecified atom stereocenters. The smallest absolute Gasteiger partial charge is 0.256 e. The normalized spacial score (nSPS) is 10.3. The molecule has 0 aliphatic heterocycles. The third-order valence-electron chi connectivity index (χ3n) is 3.13. The molecule has 0 aliphatic carbocycles. The molecule has 0 atom stereocenters. The number of nitrogens with zero attached hydrogens (tertiary/aromatic N) is 1. The number of pyridine rings is 1. The first-order chi connectivity index (χ1) is 8.99. The van der Waals surface area contributed by atoms with Crippen LogP contribution >= 0.6 is 15.9 Å². The van der Waals surface area contributed by atoms with E-state index in [4.69, 9.17) is 0 Å². The molecule has 1 aromatic carbocycles. The van der Waals surface area contributed by atoms with Crippen LogP contribution in [0.4, 0.5) is 5.69 Å². The quantitative estimate of drug-likeness (QED) is 0.908. The van der Waals surface area contributed by atoms with Crippen LogP contribution in [-0.4, -0.2) is 10.9 Å². The van der Waals surface area contributed by atoms with E-state index in [0.29, 0.717) is 5.56 Å². The zero-order valence-corrected chi connectivity index (χ0v) is 12.7. The highest BCUT2D eigenvalue weighted by Gasteiger charge is 2.11. The van der Waals surface area contributed by atoms with Crippen molar-refractivity contribution in [3.63, 3.8) is 0 Å². The molecule has 1 heterocycles. The molecule has 3 nitrogen and oxygen atoms in total. The van der Waals surface area contributed by atoms with E-state index in [1.54, 1.807) is 12.3 Å². The van der Waals surface area contributed by atoms with Crippen LogP contribution in [0.15, 0.2) is 34.9 Å². The van der Waals surface area contributed by atoms with Crippen molar-refractivity contribution in [2.24, 2.45) is 0 Å². The number of aromatic nitrogens is 1. The van der Waals surface area contributed by atoms with Gasteiger partial charge in [-0.05, 0) is 50.1 Å². The molecule has 0 saturated heterocycles. The predicted octanol–water partition coefficient (Wildman–Crippen LogP) is 4.02. The van der Waals surface area contributed by atoms with Gasteiger partial charge in [0.15, 0.2) is 0 Å². The fourth-order valence-corrected chi connectivity index (χ4v) is 2.13. The van der Waals surface area contributed by atoms with Gasteiger partial charge in [0.05, 0.1) is 0 Å². The standard InChI is InChI=1S/C15H15BrN2O/c1-9-4-5-12(8-14(9)16)18-15(19)13-6-7-17-11(3)10(13)2/h4-8H,1-3H3,(H,18,19). The van der Waals surface area contributed by atoms with Crippen molar-refractivity contribution in [3.8, 4) is 0 Å². The maximum Gasteiger partial charge on any atom is 0.256 e. The van der Waals surface area contributed by atoms with Gasteiger partial charge in [0, 0.05) is 27.6 Å². The first-order valence-corrected chi connectivity index (χ1v) is 6.78. The van der Waals surface area contributed by atoms with E-state index in [1.165, 1.54) is 0 Å². The Balaban J connectivity index is 2.26. The highest BCUT2D eigenvalue weighted by Crippen LogP contribution is 2.21. The van der Waals surface area contributed by atoms with E-state index in [-0.39, 0.29) is 5.91 Å². The van der Waals surface area contributed by atoms with Crippen LogP contribution in [0.1, 0.15) is 27.2 Å². The maximum absolute atomic E-state index is 12.2. The zero-order valence-electron chi connectivity index (χ0n) is 11.1. The summed E-state index contributed by atoms with van der Waals surface area (Å²) in [6.07, 6.45) is 1.66. The van der Waals surface area contributed by atoms with Gasteiger partial charge in [-0.25, -0.2) is 0 Å². The minimum atomic E-state index is -0.112. The lowest BCUT2D eigenvalue weighted by molar-refractivity contribution is 0.102. The molecular formula is C15H15BrN2O. The van der Waals surface area contributed by atoms with E-state index < -0.39 is 0 Å². The summed E-state index contributed by atoms with van der Waals surface area (Å²) >= 11 is 3.46. The van der Waals surface area contributed by atoms with Crippen molar-refractivity contribution in [2.75, 3.05) is 5.32 Å². The Morgan fingerprint density at radius 2 is 1.95 bits per heavy atom. The van der Waals surface area contributed by atoms with E-state index in [9.17, 15) is 4.79 Å². The molecule has 2 rings (SSSR count). The fraction of sp³-hybridized carbons (Fsp3) is 0.200. The SMILES string of the molecule is Cc1ccc(NC(=O)c2ccnc(C)c2C)cc1Br. The summed E-state index contributed by atoms with van der Waals surface area (Å²) in [6, 6.07) is 7.49. The Hall–Kier alpha value is -1.68. The molecule has 0 bridgehead atoms. The largest absolute Gasteiger partial charge is 0.322 e. The van der Waals surface area contributed by atoms with Gasteiger partial charge in [-0.2, -0.15) is 0 Å². The first-order valence-electron chi connectivity index (χ1n) is 5.98. The molecule has 2 aromatic rings. The third-order valence-corrected chi connectivity index (χ3v) is 3.98. The Morgan fingerprint density at radius 3 is 2.63 bits per heavy atom. The Labute approximate surface area is 121 Å². The van der Waals surface area contributed by atoms with Crippen LogP contribution in [0.2, 0.25) is 0 Å². The van der Waals surface area contributed by atoms with E-state index >= 15 is 0 Å². The summed E-state index contributed by atoms with van der Waals surface area (Å²) in [7, 11) is 0. The van der Waals surface area contributed by atoms with E-state index in [1.807, 2.05) is 39.0 Å². The average molecular weight is 319 g/mol. The summed E-state index contributed by atoms with van der Waals surface area (Å²) < 4.78 is 0.980. The van der Waals surface area contributed by atoms with Crippen LogP contribution in [0.25, 0.3) is 0 Å². The lowest BCUT2D eigenvalue weighted by Gasteiger charge is -2.10. The summed E-state index contributed by atoms with van der Waals surface area (Å²) in [6.45, 7) is 5.81. The van der Waals surface area contributed by atoms with Crippen LogP contribution in [0, 0.1) is 20.8 Å². The monoisotopic (exact) mass is 318 g/mol. The van der Waals surface area contributed by atoms with Gasteiger partial charge in [0.1, 0.15) is 0 Å². The molecule has 19 heavy (non-hydrogen) atoms. The Morgan fingerprint density at radius 1 is 1.21 bits per heavy atom. The van der Waals surface area contributed by atoms with Crippen molar-refractivity contribution in [1.29, 1.82) is 0 Å². The van der Waals surface area contributed by atoms with Crippen molar-refractivity contribution < 1.29 is 4.79 Å². The molecule has 98 valence electrons. The molecular weight excluding hydrogens is 304 g/mol. The highest BCUT2D eigenvalue weighted by molar-refractivity contribution is 9.10. The lowest BCUT2D eigenvalue weighted by atomic mass is 10.1. The van der Waals surface area contributed by atoms with Crippen molar-refractivity contribution >= 4 is 27.5 Å². The van der Waals surface area contributed by atoms with Crippen molar-refractivity contribution in [3.05, 3.63) is 57.3 Å². The molecule has 1 N–H and O–H groups in total. The number of rotatable bonds is 2. The molecule has 0 saturated carbocycles. The minimum absolute atomic E-state index is 0.112. The minimum Gasteiger partial charge on any atom is -0.322 e. The second kappa shape index (κ2) is 5.53. The molecule has 0 fully saturated rings. The molecule has 0 aliphatic rings. The molecule has 0 radical (unpaired) electrons. The number of aryl methyl sites for hydroxylation is 2. The molecule has 4 heteroatoms. The number of nitrogens with one attached hydrogen (secondary N) is 1. The number of amides is 1. The van der Waals surface area contributed by atoms with E-state index in [2.05, 4.69) is 26.2 Å². The van der Waals surface area contributed by atoms with Gasteiger partial charge in [-0.3, -0.25) is 9.78 Å². The van der Waals surface area contributed by atoms with Gasteiger partial charge >= 0.3 is 0 Å². The van der Waals surface area contributed by atoms with Crippen molar-refractivity contribution in [2.45, 2.75) is 20.8 Å². The average Bonchev–Trinajstić information content (AvgIpc) is 2.37. The van der Waals surface area contributed by atoms with Gasteiger partial charge < -0.3 is 5.32 Å². The lowest BCUT2D eigenvalue weighted by Crippen LogP contribution is -2.14. The van der Waals surface area contributed by atoms with Gasteiger partial charge in [0.2, 0.25) is 0 Å². The van der Waals surface area contributed by atoms with Gasteiger partial charge in [-0.15, -0.1) is 0 Å². The predicted molar refractivity (Wildman–Crippen MR) is 80.5 cm³/mol. The van der Waals surface area contributed by atoms with Crippen LogP contribution in [0.5, 0.6) is 0 Å². The number of hydrogen-bond acceptors (Lipinski definition) is 2. The summed E-state index contributed by atoms with van der Waals surface area (Å²) in [5.41, 5.74) is 4.35. The topological polar surface area (TPSA) is 42.0 Å². The van der Waals surface area contributed by atoms with Crippen molar-refractivity contribution in [1.82, 2.24) is 4.98 Å². The Kier molecular flexibility index (Phi) is 4.00. The summed E-state index contributed by atoms with van der Waals surface area (Å²) in [5.74, 6) is -0.112. The van der Waals surface area contributed by atoms with E-state index in [0.717, 1.165) is 27.0 Å². The zero-order chi connectivity index (χ0) is 14.0. The number of carbonyl (C=O) groups is 1. The molecule has 1 amide bonds.